The van der Waals surface area contributed by atoms with Gasteiger partial charge in [-0.05, 0) is 110 Å². The SMILES string of the molecule is [2H]c1c([2H])c(N(c2ccc(-c3ccc(-c4ccc5ccccc5c4)cc3)cc2)c2cccc3oc4c5ccccc5ccc4c23)c([2H])c([2H])c1-c1cccc2oc3ccccc3c12. The summed E-state index contributed by atoms with van der Waals surface area (Å²) in [5.41, 5.74) is 9.30. The summed E-state index contributed by atoms with van der Waals surface area (Å²) in [6.07, 6.45) is 0. The number of hydrogen-bond acceptors (Lipinski definition) is 3. The number of anilines is 3. The van der Waals surface area contributed by atoms with Crippen molar-refractivity contribution >= 4 is 82.5 Å². The first-order valence-electron chi connectivity index (χ1n) is 21.7. The third-order valence-corrected chi connectivity index (χ3v) is 11.5. The van der Waals surface area contributed by atoms with E-state index in [-0.39, 0.29) is 35.4 Å². The molecule has 0 atom stereocenters. The van der Waals surface area contributed by atoms with E-state index in [1.54, 1.807) is 0 Å². The Kier molecular flexibility index (Phi) is 6.65. The van der Waals surface area contributed by atoms with Crippen molar-refractivity contribution in [3.63, 3.8) is 0 Å². The first-order valence-corrected chi connectivity index (χ1v) is 19.7. The molecule has 0 saturated heterocycles. The molecule has 0 bridgehead atoms. The van der Waals surface area contributed by atoms with Gasteiger partial charge in [0.15, 0.2) is 0 Å². The number of benzene rings is 10. The van der Waals surface area contributed by atoms with Gasteiger partial charge in [-0.1, -0.05) is 152 Å². The fourth-order valence-electron chi connectivity index (χ4n) is 8.67. The van der Waals surface area contributed by atoms with Crippen LogP contribution in [0.2, 0.25) is 0 Å². The molecular formula is C56H35NO2. The van der Waals surface area contributed by atoms with Crippen molar-refractivity contribution in [3.8, 4) is 33.4 Å². The van der Waals surface area contributed by atoms with Gasteiger partial charge < -0.3 is 13.7 Å². The summed E-state index contributed by atoms with van der Waals surface area (Å²) in [6, 6.07) is 62.2. The van der Waals surface area contributed by atoms with E-state index in [1.165, 1.54) is 10.8 Å². The molecule has 3 nitrogen and oxygen atoms in total. The van der Waals surface area contributed by atoms with E-state index in [2.05, 4.69) is 91.0 Å². The van der Waals surface area contributed by atoms with Crippen LogP contribution in [-0.2, 0) is 0 Å². The first-order chi connectivity index (χ1) is 30.9. The second kappa shape index (κ2) is 13.4. The van der Waals surface area contributed by atoms with Crippen LogP contribution in [0.25, 0.3) is 98.8 Å². The monoisotopic (exact) mass is 757 g/mol. The van der Waals surface area contributed by atoms with Gasteiger partial charge in [0, 0.05) is 32.9 Å². The highest BCUT2D eigenvalue weighted by Crippen LogP contribution is 2.45. The van der Waals surface area contributed by atoms with Crippen molar-refractivity contribution in [1.29, 1.82) is 0 Å². The maximum absolute atomic E-state index is 9.76. The van der Waals surface area contributed by atoms with Gasteiger partial charge >= 0.3 is 0 Å². The molecule has 0 unspecified atom stereocenters. The molecule has 2 aromatic heterocycles. The van der Waals surface area contributed by atoms with Gasteiger partial charge in [0.2, 0.25) is 0 Å². The predicted molar refractivity (Wildman–Crippen MR) is 247 cm³/mol. The number of nitrogens with zero attached hydrogens (tertiary/aromatic N) is 1. The Bertz CT molecular complexity index is 3770. The molecule has 0 N–H and O–H groups in total. The zero-order valence-electron chi connectivity index (χ0n) is 35.7. The number of rotatable bonds is 6. The molecule has 10 aromatic carbocycles. The third kappa shape index (κ3) is 5.51. The number of furan rings is 2. The molecule has 0 fully saturated rings. The fraction of sp³-hybridized carbons (Fsp3) is 0. The Morgan fingerprint density at radius 2 is 0.949 bits per heavy atom. The van der Waals surface area contributed by atoms with Crippen LogP contribution < -0.4 is 4.90 Å². The smallest absolute Gasteiger partial charge is 0.143 e. The van der Waals surface area contributed by atoms with Crippen LogP contribution >= 0.6 is 0 Å². The van der Waals surface area contributed by atoms with Crippen LogP contribution in [0.3, 0.4) is 0 Å². The Morgan fingerprint density at radius 3 is 1.75 bits per heavy atom. The summed E-state index contributed by atoms with van der Waals surface area (Å²) in [6.45, 7) is 0. The topological polar surface area (TPSA) is 29.5 Å². The predicted octanol–water partition coefficient (Wildman–Crippen LogP) is 16.3. The largest absolute Gasteiger partial charge is 0.456 e. The third-order valence-electron chi connectivity index (χ3n) is 11.5. The molecule has 0 aliphatic heterocycles. The maximum atomic E-state index is 9.76. The average molecular weight is 758 g/mol. The van der Waals surface area contributed by atoms with Gasteiger partial charge in [-0.3, -0.25) is 0 Å². The molecule has 0 aliphatic rings. The summed E-state index contributed by atoms with van der Waals surface area (Å²) >= 11 is 0. The molecule has 59 heavy (non-hydrogen) atoms. The van der Waals surface area contributed by atoms with E-state index in [1.807, 2.05) is 102 Å². The lowest BCUT2D eigenvalue weighted by Gasteiger charge is -2.26. The maximum Gasteiger partial charge on any atom is 0.143 e. The van der Waals surface area contributed by atoms with E-state index >= 15 is 0 Å². The molecule has 0 radical (unpaired) electrons. The lowest BCUT2D eigenvalue weighted by molar-refractivity contribution is 0.669. The summed E-state index contributed by atoms with van der Waals surface area (Å²) < 4.78 is 51.6. The second-order valence-electron chi connectivity index (χ2n) is 14.9. The van der Waals surface area contributed by atoms with Gasteiger partial charge in [-0.15, -0.1) is 0 Å². The Balaban J connectivity index is 1.03. The van der Waals surface area contributed by atoms with Crippen LogP contribution in [0, 0.1) is 0 Å². The first kappa shape index (κ1) is 29.4. The van der Waals surface area contributed by atoms with Crippen molar-refractivity contribution in [2.75, 3.05) is 4.90 Å². The Hall–Kier alpha value is -7.88. The van der Waals surface area contributed by atoms with Gasteiger partial charge in [0.05, 0.1) is 16.6 Å². The highest BCUT2D eigenvalue weighted by Gasteiger charge is 2.21. The molecule has 0 spiro atoms. The van der Waals surface area contributed by atoms with Gasteiger partial charge in [0.1, 0.15) is 22.3 Å². The molecule has 2 heterocycles. The van der Waals surface area contributed by atoms with E-state index in [9.17, 15) is 5.48 Å². The number of hydrogen-bond donors (Lipinski definition) is 0. The zero-order valence-corrected chi connectivity index (χ0v) is 31.7. The lowest BCUT2D eigenvalue weighted by atomic mass is 9.98. The summed E-state index contributed by atoms with van der Waals surface area (Å²) in [7, 11) is 0. The van der Waals surface area contributed by atoms with Crippen LogP contribution in [0.1, 0.15) is 5.48 Å². The van der Waals surface area contributed by atoms with Crippen LogP contribution in [-0.4, -0.2) is 0 Å². The molecule has 12 rings (SSSR count). The minimum Gasteiger partial charge on any atom is -0.456 e. The number of fused-ring (bicyclic) bond motifs is 9. The molecular weight excluding hydrogens is 719 g/mol. The summed E-state index contributed by atoms with van der Waals surface area (Å²) in [5.74, 6) is 0. The minimum atomic E-state index is -0.167. The lowest BCUT2D eigenvalue weighted by Crippen LogP contribution is -2.10. The summed E-state index contributed by atoms with van der Waals surface area (Å²) in [4.78, 5) is 1.86. The average Bonchev–Trinajstić information content (AvgIpc) is 3.92. The highest BCUT2D eigenvalue weighted by atomic mass is 16.3. The fourth-order valence-corrected chi connectivity index (χ4v) is 8.67. The standard InChI is InChI=1S/C56H35NO2/c1-2-11-42-35-43(24-23-36(42)9-1)39-21-19-37(20-22-39)38-25-30-44(31-26-38)57(50-15-8-18-53-55(50)49-34-29-40-10-3-4-12-47(40)56(49)59-53)45-32-27-41(28-33-45)46-14-7-17-52-54(46)48-13-5-6-16-51(48)58-52/h1-35H/i27D,28D,32D,33D. The van der Waals surface area contributed by atoms with E-state index in [0.717, 1.165) is 60.2 Å². The Morgan fingerprint density at radius 1 is 0.356 bits per heavy atom. The van der Waals surface area contributed by atoms with Crippen LogP contribution in [0.4, 0.5) is 17.1 Å². The van der Waals surface area contributed by atoms with Crippen molar-refractivity contribution in [3.05, 3.63) is 212 Å². The van der Waals surface area contributed by atoms with Crippen molar-refractivity contribution < 1.29 is 14.3 Å². The second-order valence-corrected chi connectivity index (χ2v) is 14.9. The number of para-hydroxylation sites is 1. The quantitative estimate of drug-likeness (QED) is 0.169. The van der Waals surface area contributed by atoms with Crippen molar-refractivity contribution in [1.82, 2.24) is 0 Å². The van der Waals surface area contributed by atoms with Crippen molar-refractivity contribution in [2.24, 2.45) is 0 Å². The zero-order chi connectivity index (χ0) is 42.3. The van der Waals surface area contributed by atoms with Crippen molar-refractivity contribution in [2.45, 2.75) is 0 Å². The Labute approximate surface area is 346 Å². The van der Waals surface area contributed by atoms with Crippen LogP contribution in [0.5, 0.6) is 0 Å². The van der Waals surface area contributed by atoms with E-state index in [4.69, 9.17) is 8.83 Å². The minimum absolute atomic E-state index is 0.133. The van der Waals surface area contributed by atoms with Crippen LogP contribution in [0.15, 0.2) is 221 Å². The van der Waals surface area contributed by atoms with E-state index in [0.29, 0.717) is 33.7 Å². The molecule has 3 heteroatoms. The molecule has 276 valence electrons. The summed E-state index contributed by atoms with van der Waals surface area (Å²) in [5, 5.41) is 7.74. The van der Waals surface area contributed by atoms with Gasteiger partial charge in [-0.2, -0.15) is 0 Å². The molecule has 0 amide bonds. The molecule has 0 saturated carbocycles. The molecule has 0 aliphatic carbocycles. The highest BCUT2D eigenvalue weighted by molar-refractivity contribution is 6.19. The van der Waals surface area contributed by atoms with Gasteiger partial charge in [0.25, 0.3) is 0 Å². The normalized spacial score (nSPS) is 12.7. The van der Waals surface area contributed by atoms with E-state index < -0.39 is 0 Å². The molecule has 12 aromatic rings. The van der Waals surface area contributed by atoms with Gasteiger partial charge in [-0.25, -0.2) is 0 Å².